The predicted molar refractivity (Wildman–Crippen MR) is 248 cm³/mol. The van der Waals surface area contributed by atoms with Crippen molar-refractivity contribution < 1.29 is 0 Å². The van der Waals surface area contributed by atoms with Crippen LogP contribution in [0.5, 0.6) is 0 Å². The summed E-state index contributed by atoms with van der Waals surface area (Å²) in [7, 11) is 0. The van der Waals surface area contributed by atoms with E-state index in [-0.39, 0.29) is 0 Å². The van der Waals surface area contributed by atoms with Gasteiger partial charge >= 0.3 is 0 Å². The monoisotopic (exact) mass is 791 g/mol. The quantitative estimate of drug-likeness (QED) is 0.114. The van der Waals surface area contributed by atoms with Gasteiger partial charge < -0.3 is 0 Å². The molecule has 0 unspecified atom stereocenters. The van der Waals surface area contributed by atoms with Gasteiger partial charge in [-0.1, -0.05) is 167 Å². The zero-order valence-corrected chi connectivity index (χ0v) is 35.0. The largest absolute Gasteiger partial charge is 0.279 e. The van der Waals surface area contributed by atoms with Gasteiger partial charge in [0.25, 0.3) is 0 Å². The Hall–Kier alpha value is -7.38. The maximum Gasteiger partial charge on any atom is 0.240 e. The van der Waals surface area contributed by atoms with Crippen molar-refractivity contribution in [3.63, 3.8) is 0 Å². The standard InChI is InChI=1S/C54H45N7/c1-34(2)41-23-16-24-42(35(3)4)51(41)59-33-55-58-53(59)61-49-26-15-13-22-45(49)46-30-28-40(32-50(46)61)54(37-17-8-6-9-18-37,38-19-10-7-11-20-38)39-27-29-43-44-21-12-14-25-48(44)60-36(5)56-57-52(60)47(43)31-39/h6-35H,1-5H3. The van der Waals surface area contributed by atoms with Crippen molar-refractivity contribution in [3.8, 4) is 11.6 Å². The van der Waals surface area contributed by atoms with E-state index in [2.05, 4.69) is 215 Å². The number of fused-ring (bicyclic) bond motifs is 9. The van der Waals surface area contributed by atoms with E-state index in [0.29, 0.717) is 11.8 Å². The number of aryl methyl sites for hydroxylation is 1. The van der Waals surface area contributed by atoms with Crippen LogP contribution in [0.4, 0.5) is 0 Å². The molecule has 61 heavy (non-hydrogen) atoms. The number of nitrogens with zero attached hydrogens (tertiary/aromatic N) is 7. The summed E-state index contributed by atoms with van der Waals surface area (Å²) in [6.45, 7) is 11.1. The highest BCUT2D eigenvalue weighted by molar-refractivity contribution is 6.12. The first-order chi connectivity index (χ1) is 29.9. The molecule has 4 heterocycles. The van der Waals surface area contributed by atoms with Crippen LogP contribution in [0.3, 0.4) is 0 Å². The zero-order valence-electron chi connectivity index (χ0n) is 35.0. The predicted octanol–water partition coefficient (Wildman–Crippen LogP) is 12.7. The third-order valence-electron chi connectivity index (χ3n) is 12.8. The van der Waals surface area contributed by atoms with Crippen molar-refractivity contribution >= 4 is 49.1 Å². The Morgan fingerprint density at radius 3 is 1.67 bits per heavy atom. The minimum absolute atomic E-state index is 0.300. The minimum atomic E-state index is -0.743. The number of hydrogen-bond donors (Lipinski definition) is 0. The molecular formula is C54H45N7. The first-order valence-corrected chi connectivity index (χ1v) is 21.2. The van der Waals surface area contributed by atoms with Crippen LogP contribution in [0.25, 0.3) is 60.8 Å². The highest BCUT2D eigenvalue weighted by atomic mass is 15.4. The summed E-state index contributed by atoms with van der Waals surface area (Å²) < 4.78 is 6.72. The first-order valence-electron chi connectivity index (χ1n) is 21.2. The molecule has 0 spiro atoms. The Morgan fingerprint density at radius 2 is 1.02 bits per heavy atom. The van der Waals surface area contributed by atoms with Crippen molar-refractivity contribution in [2.45, 2.75) is 51.9 Å². The van der Waals surface area contributed by atoms with Crippen LogP contribution in [0.1, 0.15) is 78.7 Å². The molecule has 0 atom stereocenters. The van der Waals surface area contributed by atoms with Gasteiger partial charge in [0.05, 0.1) is 27.7 Å². The Labute approximate surface area is 354 Å². The van der Waals surface area contributed by atoms with Crippen LogP contribution < -0.4 is 0 Å². The zero-order chi connectivity index (χ0) is 41.4. The molecule has 0 saturated carbocycles. The van der Waals surface area contributed by atoms with E-state index in [1.807, 2.05) is 13.3 Å². The highest BCUT2D eigenvalue weighted by Crippen LogP contribution is 2.48. The van der Waals surface area contributed by atoms with Crippen molar-refractivity contribution in [2.24, 2.45) is 0 Å². The average molecular weight is 792 g/mol. The number of benzene rings is 7. The number of rotatable bonds is 8. The molecule has 0 radical (unpaired) electrons. The van der Waals surface area contributed by atoms with E-state index in [1.165, 1.54) is 16.5 Å². The van der Waals surface area contributed by atoms with Crippen LogP contribution in [-0.2, 0) is 5.41 Å². The molecular weight excluding hydrogens is 747 g/mol. The summed E-state index contributed by atoms with van der Waals surface area (Å²) in [6.07, 6.45) is 1.89. The molecule has 296 valence electrons. The molecule has 0 N–H and O–H groups in total. The third kappa shape index (κ3) is 5.43. The molecule has 0 aliphatic rings. The van der Waals surface area contributed by atoms with Crippen LogP contribution >= 0.6 is 0 Å². The van der Waals surface area contributed by atoms with Gasteiger partial charge in [0, 0.05) is 21.5 Å². The maximum atomic E-state index is 4.95. The van der Waals surface area contributed by atoms with Crippen molar-refractivity contribution in [2.75, 3.05) is 0 Å². The molecule has 0 saturated heterocycles. The van der Waals surface area contributed by atoms with Crippen LogP contribution in [0, 0.1) is 6.92 Å². The van der Waals surface area contributed by atoms with Gasteiger partial charge in [-0.05, 0) is 81.8 Å². The summed E-state index contributed by atoms with van der Waals surface area (Å²) in [5.41, 5.74) is 11.6. The van der Waals surface area contributed by atoms with Gasteiger partial charge in [0.1, 0.15) is 12.2 Å². The van der Waals surface area contributed by atoms with Gasteiger partial charge in [0.2, 0.25) is 5.95 Å². The van der Waals surface area contributed by atoms with Gasteiger partial charge in [-0.25, -0.2) is 0 Å². The molecule has 4 aromatic heterocycles. The lowest BCUT2D eigenvalue weighted by Gasteiger charge is -2.37. The topological polar surface area (TPSA) is 65.8 Å². The van der Waals surface area contributed by atoms with Gasteiger partial charge in [-0.3, -0.25) is 13.5 Å². The Balaban J connectivity index is 1.26. The van der Waals surface area contributed by atoms with Crippen molar-refractivity contribution in [1.82, 2.24) is 33.9 Å². The van der Waals surface area contributed by atoms with E-state index < -0.39 is 5.41 Å². The molecule has 11 aromatic rings. The van der Waals surface area contributed by atoms with E-state index in [0.717, 1.165) is 83.5 Å². The SMILES string of the molecule is Cc1nnc2c3cc(C(c4ccccc4)(c4ccccc4)c4ccc5c6ccccc6n(-c6nncn6-c6c(C(C)C)cccc6C(C)C)c5c4)ccc3c3ccccc3n12. The van der Waals surface area contributed by atoms with E-state index >= 15 is 0 Å². The van der Waals surface area contributed by atoms with Crippen molar-refractivity contribution in [3.05, 3.63) is 209 Å². The fourth-order valence-corrected chi connectivity index (χ4v) is 10.0. The summed E-state index contributed by atoms with van der Waals surface area (Å²) in [4.78, 5) is 0. The molecule has 0 fully saturated rings. The fourth-order valence-electron chi connectivity index (χ4n) is 10.0. The second-order valence-corrected chi connectivity index (χ2v) is 16.8. The lowest BCUT2D eigenvalue weighted by atomic mass is 9.65. The van der Waals surface area contributed by atoms with E-state index in [4.69, 9.17) is 10.2 Å². The second kappa shape index (κ2) is 14.1. The van der Waals surface area contributed by atoms with Gasteiger partial charge in [-0.15, -0.1) is 20.4 Å². The highest BCUT2D eigenvalue weighted by Gasteiger charge is 2.39. The fraction of sp³-hybridized carbons (Fsp3) is 0.148. The number of para-hydroxylation sites is 3. The summed E-state index contributed by atoms with van der Waals surface area (Å²) in [5.74, 6) is 2.21. The summed E-state index contributed by atoms with van der Waals surface area (Å²) in [6, 6.07) is 59.7. The molecule has 0 amide bonds. The minimum Gasteiger partial charge on any atom is -0.279 e. The molecule has 7 heteroatoms. The Kier molecular flexibility index (Phi) is 8.50. The Bertz CT molecular complexity index is 3380. The lowest BCUT2D eigenvalue weighted by Crippen LogP contribution is -2.31. The Morgan fingerprint density at radius 1 is 0.459 bits per heavy atom. The van der Waals surface area contributed by atoms with Crippen LogP contribution in [0.15, 0.2) is 170 Å². The average Bonchev–Trinajstić information content (AvgIpc) is 4.02. The molecule has 0 bridgehead atoms. The normalized spacial score (nSPS) is 12.3. The van der Waals surface area contributed by atoms with Crippen molar-refractivity contribution in [1.29, 1.82) is 0 Å². The maximum absolute atomic E-state index is 4.95. The third-order valence-corrected chi connectivity index (χ3v) is 12.8. The van der Waals surface area contributed by atoms with Gasteiger partial charge in [-0.2, -0.15) is 0 Å². The van der Waals surface area contributed by atoms with Crippen LogP contribution in [-0.4, -0.2) is 33.9 Å². The molecule has 7 nitrogen and oxygen atoms in total. The lowest BCUT2D eigenvalue weighted by molar-refractivity contribution is 0.747. The smallest absolute Gasteiger partial charge is 0.240 e. The second-order valence-electron chi connectivity index (χ2n) is 16.8. The van der Waals surface area contributed by atoms with Gasteiger partial charge in [0.15, 0.2) is 5.65 Å². The number of aromatic nitrogens is 7. The van der Waals surface area contributed by atoms with Crippen LogP contribution in [0.2, 0.25) is 0 Å². The molecule has 11 rings (SSSR count). The summed E-state index contributed by atoms with van der Waals surface area (Å²) >= 11 is 0. The van der Waals surface area contributed by atoms with E-state index in [9.17, 15) is 0 Å². The first kappa shape index (κ1) is 36.7. The molecule has 7 aromatic carbocycles. The molecule has 0 aliphatic carbocycles. The van der Waals surface area contributed by atoms with E-state index in [1.54, 1.807) is 0 Å². The number of hydrogen-bond acceptors (Lipinski definition) is 4. The molecule has 0 aliphatic heterocycles. The summed E-state index contributed by atoms with van der Waals surface area (Å²) in [5, 5.41) is 24.7. The number of pyridine rings is 1.